The predicted molar refractivity (Wildman–Crippen MR) is 93.6 cm³/mol. The molecule has 136 valence electrons. The highest BCUT2D eigenvalue weighted by Crippen LogP contribution is 2.30. The van der Waals surface area contributed by atoms with Gasteiger partial charge in [0.2, 0.25) is 5.91 Å². The number of anilines is 1. The molecule has 6 heteroatoms. The van der Waals surface area contributed by atoms with Crippen LogP contribution >= 0.6 is 0 Å². The lowest BCUT2D eigenvalue weighted by atomic mass is 10.1. The lowest BCUT2D eigenvalue weighted by molar-refractivity contribution is -0.137. The highest BCUT2D eigenvalue weighted by atomic mass is 19.4. The summed E-state index contributed by atoms with van der Waals surface area (Å²) in [5.74, 6) is -0.345. The summed E-state index contributed by atoms with van der Waals surface area (Å²) in [4.78, 5) is 14.2. The van der Waals surface area contributed by atoms with Crippen LogP contribution in [0.1, 0.15) is 28.7 Å². The molecule has 26 heavy (non-hydrogen) atoms. The molecule has 0 saturated heterocycles. The average molecular weight is 360 g/mol. The second-order valence-corrected chi connectivity index (χ2v) is 6.10. The zero-order valence-electron chi connectivity index (χ0n) is 14.6. The number of aryl methyl sites for hydroxylation is 2. The van der Waals surface area contributed by atoms with E-state index < -0.39 is 11.7 Å². The second kappa shape index (κ2) is 8.05. The molecule has 0 fully saturated rings. The molecule has 1 amide bonds. The van der Waals surface area contributed by atoms with Crippen LogP contribution in [0.4, 0.5) is 18.9 Å². The molecule has 0 aliphatic carbocycles. The van der Waals surface area contributed by atoms with E-state index in [-0.39, 0.29) is 30.9 Å². The normalized spacial score (nSPS) is 11.1. The molecular formula is C20H19F3N2O. The van der Waals surface area contributed by atoms with Gasteiger partial charge in [-0.25, -0.2) is 0 Å². The van der Waals surface area contributed by atoms with Gasteiger partial charge in [0.25, 0.3) is 0 Å². The van der Waals surface area contributed by atoms with Crippen LogP contribution in [0, 0.1) is 25.2 Å². The molecule has 0 bridgehead atoms. The number of halogens is 3. The Kier molecular flexibility index (Phi) is 6.04. The fraction of sp³-hybridized carbons (Fsp3) is 0.300. The SMILES string of the molecule is Cc1ccc(N(CCC#N)C(=O)Cc2cccc(C(F)(F)F)c2)cc1C. The third kappa shape index (κ3) is 4.85. The predicted octanol–water partition coefficient (Wildman–Crippen LogP) is 4.81. The Labute approximate surface area is 150 Å². The van der Waals surface area contributed by atoms with Gasteiger partial charge >= 0.3 is 6.18 Å². The minimum absolute atomic E-state index is 0.140. The number of carbonyl (C=O) groups excluding carboxylic acids is 1. The van der Waals surface area contributed by atoms with Crippen molar-refractivity contribution in [2.24, 2.45) is 0 Å². The van der Waals surface area contributed by atoms with Crippen molar-refractivity contribution in [3.8, 4) is 6.07 Å². The summed E-state index contributed by atoms with van der Waals surface area (Å²) in [5, 5.41) is 8.85. The third-order valence-electron chi connectivity index (χ3n) is 4.16. The molecule has 0 aromatic heterocycles. The van der Waals surface area contributed by atoms with Gasteiger partial charge in [0, 0.05) is 12.2 Å². The van der Waals surface area contributed by atoms with Crippen molar-refractivity contribution in [1.29, 1.82) is 5.26 Å². The maximum absolute atomic E-state index is 12.8. The topological polar surface area (TPSA) is 44.1 Å². The molecule has 0 unspecified atom stereocenters. The Morgan fingerprint density at radius 1 is 1.12 bits per heavy atom. The Balaban J connectivity index is 2.27. The lowest BCUT2D eigenvalue weighted by Gasteiger charge is -2.23. The summed E-state index contributed by atoms with van der Waals surface area (Å²) in [6.07, 6.45) is -4.48. The summed E-state index contributed by atoms with van der Waals surface area (Å²) >= 11 is 0. The first-order chi connectivity index (χ1) is 12.2. The van der Waals surface area contributed by atoms with E-state index in [9.17, 15) is 18.0 Å². The quantitative estimate of drug-likeness (QED) is 0.768. The highest BCUT2D eigenvalue weighted by Gasteiger charge is 2.30. The van der Waals surface area contributed by atoms with E-state index in [2.05, 4.69) is 0 Å². The first-order valence-electron chi connectivity index (χ1n) is 8.13. The van der Waals surface area contributed by atoms with Gasteiger partial charge in [0.1, 0.15) is 0 Å². The Hall–Kier alpha value is -2.81. The minimum Gasteiger partial charge on any atom is -0.311 e. The van der Waals surface area contributed by atoms with Gasteiger partial charge in [0.05, 0.1) is 24.5 Å². The number of amides is 1. The summed E-state index contributed by atoms with van der Waals surface area (Å²) in [6.45, 7) is 4.05. The van der Waals surface area contributed by atoms with Gasteiger partial charge in [-0.05, 0) is 48.7 Å². The Morgan fingerprint density at radius 2 is 1.85 bits per heavy atom. The average Bonchev–Trinajstić information content (AvgIpc) is 2.58. The zero-order chi connectivity index (χ0) is 19.3. The molecule has 0 N–H and O–H groups in total. The number of hydrogen-bond donors (Lipinski definition) is 0. The van der Waals surface area contributed by atoms with Crippen LogP contribution < -0.4 is 4.90 Å². The highest BCUT2D eigenvalue weighted by molar-refractivity contribution is 5.95. The lowest BCUT2D eigenvalue weighted by Crippen LogP contribution is -2.33. The summed E-state index contributed by atoms with van der Waals surface area (Å²) in [6, 6.07) is 12.3. The van der Waals surface area contributed by atoms with E-state index in [0.29, 0.717) is 5.69 Å². The minimum atomic E-state index is -4.45. The molecule has 0 saturated carbocycles. The molecule has 2 aromatic carbocycles. The van der Waals surface area contributed by atoms with Crippen LogP contribution in [-0.2, 0) is 17.4 Å². The molecule has 0 aliphatic rings. The Morgan fingerprint density at radius 3 is 2.46 bits per heavy atom. The molecule has 0 atom stereocenters. The van der Waals surface area contributed by atoms with E-state index in [0.717, 1.165) is 23.3 Å². The summed E-state index contributed by atoms with van der Waals surface area (Å²) in [5.41, 5.74) is 2.21. The van der Waals surface area contributed by atoms with Crippen LogP contribution in [0.3, 0.4) is 0 Å². The maximum Gasteiger partial charge on any atom is 0.416 e. The van der Waals surface area contributed by atoms with Crippen molar-refractivity contribution < 1.29 is 18.0 Å². The number of alkyl halides is 3. The van der Waals surface area contributed by atoms with E-state index in [1.165, 1.54) is 17.0 Å². The molecular weight excluding hydrogens is 341 g/mol. The number of carbonyl (C=O) groups is 1. The largest absolute Gasteiger partial charge is 0.416 e. The van der Waals surface area contributed by atoms with Gasteiger partial charge in [-0.1, -0.05) is 24.3 Å². The van der Waals surface area contributed by atoms with Crippen molar-refractivity contribution >= 4 is 11.6 Å². The van der Waals surface area contributed by atoms with Gasteiger partial charge < -0.3 is 4.90 Å². The van der Waals surface area contributed by atoms with Crippen LogP contribution in [0.15, 0.2) is 42.5 Å². The molecule has 0 aliphatic heterocycles. The summed E-state index contributed by atoms with van der Waals surface area (Å²) in [7, 11) is 0. The second-order valence-electron chi connectivity index (χ2n) is 6.10. The standard InChI is InChI=1S/C20H19F3N2O/c1-14-7-8-18(11-15(14)2)25(10-4-9-24)19(26)13-16-5-3-6-17(12-16)20(21,22)23/h3,5-8,11-12H,4,10,13H2,1-2H3. The van der Waals surface area contributed by atoms with Crippen molar-refractivity contribution in [1.82, 2.24) is 0 Å². The molecule has 2 aromatic rings. The number of hydrogen-bond acceptors (Lipinski definition) is 2. The first-order valence-corrected chi connectivity index (χ1v) is 8.13. The van der Waals surface area contributed by atoms with Crippen LogP contribution in [0.5, 0.6) is 0 Å². The molecule has 0 spiro atoms. The van der Waals surface area contributed by atoms with E-state index >= 15 is 0 Å². The van der Waals surface area contributed by atoms with Crippen LogP contribution in [0.2, 0.25) is 0 Å². The van der Waals surface area contributed by atoms with E-state index in [4.69, 9.17) is 5.26 Å². The first kappa shape index (κ1) is 19.5. The third-order valence-corrected chi connectivity index (χ3v) is 4.16. The van der Waals surface area contributed by atoms with Crippen molar-refractivity contribution in [2.75, 3.05) is 11.4 Å². The monoisotopic (exact) mass is 360 g/mol. The summed E-state index contributed by atoms with van der Waals surface area (Å²) < 4.78 is 38.5. The van der Waals surface area contributed by atoms with Crippen molar-refractivity contribution in [3.63, 3.8) is 0 Å². The molecule has 0 heterocycles. The number of benzene rings is 2. The number of nitriles is 1. The maximum atomic E-state index is 12.8. The van der Waals surface area contributed by atoms with Crippen LogP contribution in [-0.4, -0.2) is 12.5 Å². The van der Waals surface area contributed by atoms with E-state index in [1.807, 2.05) is 32.0 Å². The van der Waals surface area contributed by atoms with Crippen molar-refractivity contribution in [2.45, 2.75) is 32.9 Å². The number of nitrogens with zero attached hydrogens (tertiary/aromatic N) is 2. The van der Waals surface area contributed by atoms with Crippen molar-refractivity contribution in [3.05, 3.63) is 64.7 Å². The zero-order valence-corrected chi connectivity index (χ0v) is 14.6. The van der Waals surface area contributed by atoms with Gasteiger partial charge in [-0.2, -0.15) is 18.4 Å². The Bertz CT molecular complexity index is 838. The molecule has 3 nitrogen and oxygen atoms in total. The van der Waals surface area contributed by atoms with Gasteiger partial charge in [-0.3, -0.25) is 4.79 Å². The number of rotatable bonds is 5. The fourth-order valence-electron chi connectivity index (χ4n) is 2.58. The van der Waals surface area contributed by atoms with E-state index in [1.54, 1.807) is 6.07 Å². The fourth-order valence-corrected chi connectivity index (χ4v) is 2.58. The molecule has 2 rings (SSSR count). The molecule has 0 radical (unpaired) electrons. The van der Waals surface area contributed by atoms with Gasteiger partial charge in [-0.15, -0.1) is 0 Å². The van der Waals surface area contributed by atoms with Gasteiger partial charge in [0.15, 0.2) is 0 Å². The van der Waals surface area contributed by atoms with Crippen LogP contribution in [0.25, 0.3) is 0 Å². The smallest absolute Gasteiger partial charge is 0.311 e.